The van der Waals surface area contributed by atoms with Crippen molar-refractivity contribution in [2.24, 2.45) is 11.8 Å². The van der Waals surface area contributed by atoms with Gasteiger partial charge in [-0.15, -0.1) is 0 Å². The Morgan fingerprint density at radius 1 is 0.853 bits per heavy atom. The first-order chi connectivity index (χ1) is 16.5. The Morgan fingerprint density at radius 3 is 2.26 bits per heavy atom. The average Bonchev–Trinajstić information content (AvgIpc) is 3.32. The minimum Gasteiger partial charge on any atom is -0.358 e. The van der Waals surface area contributed by atoms with Crippen LogP contribution in [0, 0.1) is 17.7 Å². The summed E-state index contributed by atoms with van der Waals surface area (Å²) in [6, 6.07) is 18.1. The van der Waals surface area contributed by atoms with Gasteiger partial charge in [0.05, 0.1) is 23.6 Å². The predicted octanol–water partition coefficient (Wildman–Crippen LogP) is 4.88. The number of Topliss-reactive ketones (excluding diaryl/α,β-unsaturated/α-hetero) is 1. The third kappa shape index (κ3) is 2.95. The van der Waals surface area contributed by atoms with Gasteiger partial charge in [-0.25, -0.2) is 9.29 Å². The van der Waals surface area contributed by atoms with E-state index >= 15 is 0 Å². The van der Waals surface area contributed by atoms with Gasteiger partial charge >= 0.3 is 0 Å². The second-order valence-electron chi connectivity index (χ2n) is 8.69. The van der Waals surface area contributed by atoms with Crippen molar-refractivity contribution in [3.63, 3.8) is 0 Å². The van der Waals surface area contributed by atoms with E-state index in [1.165, 1.54) is 24.3 Å². The van der Waals surface area contributed by atoms with Crippen LogP contribution in [0.2, 0.25) is 5.02 Å². The number of hydrogen-bond acceptors (Lipinski definition) is 4. The van der Waals surface area contributed by atoms with Crippen LogP contribution in [0.15, 0.2) is 79.0 Å². The highest BCUT2D eigenvalue weighted by molar-refractivity contribution is 6.30. The topological polar surface area (TPSA) is 57.7 Å². The van der Waals surface area contributed by atoms with E-state index in [0.29, 0.717) is 16.3 Å². The second kappa shape index (κ2) is 7.64. The number of carbonyl (C=O) groups excluding carboxylic acids is 3. The fourth-order valence-electron chi connectivity index (χ4n) is 5.49. The van der Waals surface area contributed by atoms with E-state index < -0.39 is 35.6 Å². The number of ketones is 1. The van der Waals surface area contributed by atoms with Gasteiger partial charge in [0, 0.05) is 16.8 Å². The Bertz CT molecular complexity index is 1370. The molecule has 3 aromatic rings. The SMILES string of the molecule is O=C(c1ccc(Cl)cc1)C1C2C(=O)N(c3ccc(F)cc3)C(=O)C2C2c3ccccc3C=CN12. The Labute approximate surface area is 200 Å². The number of halogens is 2. The van der Waals surface area contributed by atoms with Gasteiger partial charge in [0.15, 0.2) is 5.78 Å². The molecule has 0 saturated carbocycles. The molecule has 2 fully saturated rings. The normalized spacial score (nSPS) is 24.8. The molecule has 7 heteroatoms. The van der Waals surface area contributed by atoms with Crippen molar-refractivity contribution in [2.45, 2.75) is 12.1 Å². The smallest absolute Gasteiger partial charge is 0.240 e. The molecule has 0 N–H and O–H groups in total. The first-order valence-corrected chi connectivity index (χ1v) is 11.3. The summed E-state index contributed by atoms with van der Waals surface area (Å²) in [4.78, 5) is 44.2. The van der Waals surface area contributed by atoms with Crippen LogP contribution >= 0.6 is 11.6 Å². The maximum Gasteiger partial charge on any atom is 0.240 e. The van der Waals surface area contributed by atoms with Crippen molar-refractivity contribution in [2.75, 3.05) is 4.90 Å². The zero-order chi connectivity index (χ0) is 23.6. The molecule has 4 atom stereocenters. The predicted molar refractivity (Wildman–Crippen MR) is 125 cm³/mol. The van der Waals surface area contributed by atoms with Crippen molar-refractivity contribution in [1.29, 1.82) is 0 Å². The molecule has 3 aliphatic rings. The van der Waals surface area contributed by atoms with Gasteiger partial charge in [-0.2, -0.15) is 0 Å². The number of amides is 2. The number of hydrogen-bond donors (Lipinski definition) is 0. The minimum atomic E-state index is -0.874. The van der Waals surface area contributed by atoms with E-state index in [1.54, 1.807) is 24.3 Å². The number of carbonyl (C=O) groups is 3. The molecule has 168 valence electrons. The van der Waals surface area contributed by atoms with Crippen molar-refractivity contribution in [1.82, 2.24) is 4.90 Å². The van der Waals surface area contributed by atoms with Gasteiger partial charge in [0.25, 0.3) is 0 Å². The van der Waals surface area contributed by atoms with Crippen LogP contribution in [0.5, 0.6) is 0 Å². The summed E-state index contributed by atoms with van der Waals surface area (Å²) in [5, 5.41) is 0.500. The molecule has 2 amide bonds. The van der Waals surface area contributed by atoms with Crippen molar-refractivity contribution >= 4 is 41.0 Å². The van der Waals surface area contributed by atoms with Gasteiger partial charge in [0.2, 0.25) is 11.8 Å². The number of rotatable bonds is 3. The van der Waals surface area contributed by atoms with Crippen molar-refractivity contribution < 1.29 is 18.8 Å². The third-order valence-electron chi connectivity index (χ3n) is 6.94. The molecule has 0 aliphatic carbocycles. The molecule has 3 heterocycles. The minimum absolute atomic E-state index is 0.250. The van der Waals surface area contributed by atoms with Crippen LogP contribution in [0.25, 0.3) is 6.08 Å². The van der Waals surface area contributed by atoms with Crippen LogP contribution in [-0.4, -0.2) is 28.5 Å². The van der Waals surface area contributed by atoms with Gasteiger partial charge in [-0.3, -0.25) is 14.4 Å². The lowest BCUT2D eigenvalue weighted by Gasteiger charge is -2.35. The zero-order valence-electron chi connectivity index (χ0n) is 17.8. The molecule has 5 nitrogen and oxygen atoms in total. The van der Waals surface area contributed by atoms with Crippen molar-refractivity contribution in [3.05, 3.63) is 107 Å². The maximum absolute atomic E-state index is 13.8. The molecule has 34 heavy (non-hydrogen) atoms. The largest absolute Gasteiger partial charge is 0.358 e. The summed E-state index contributed by atoms with van der Waals surface area (Å²) in [7, 11) is 0. The summed E-state index contributed by atoms with van der Waals surface area (Å²) in [5.41, 5.74) is 2.56. The zero-order valence-corrected chi connectivity index (χ0v) is 18.5. The Balaban J connectivity index is 1.49. The van der Waals surface area contributed by atoms with E-state index in [1.807, 2.05) is 41.4 Å². The van der Waals surface area contributed by atoms with Gasteiger partial charge in [-0.05, 0) is 65.7 Å². The van der Waals surface area contributed by atoms with Crippen LogP contribution in [0.3, 0.4) is 0 Å². The Morgan fingerprint density at radius 2 is 1.53 bits per heavy atom. The lowest BCUT2D eigenvalue weighted by atomic mass is 9.83. The van der Waals surface area contributed by atoms with Gasteiger partial charge in [0.1, 0.15) is 11.9 Å². The van der Waals surface area contributed by atoms with Crippen LogP contribution in [-0.2, 0) is 9.59 Å². The van der Waals surface area contributed by atoms with Crippen LogP contribution in [0.1, 0.15) is 27.5 Å². The van der Waals surface area contributed by atoms with Gasteiger partial charge in [-0.1, -0.05) is 35.9 Å². The summed E-state index contributed by atoms with van der Waals surface area (Å²) in [6.07, 6.45) is 3.72. The lowest BCUT2D eigenvalue weighted by molar-refractivity contribution is -0.123. The van der Waals surface area contributed by atoms with E-state index in [-0.39, 0.29) is 11.7 Å². The number of benzene rings is 3. The van der Waals surface area contributed by atoms with E-state index in [9.17, 15) is 18.8 Å². The van der Waals surface area contributed by atoms with E-state index in [2.05, 4.69) is 0 Å². The number of imide groups is 1. The number of nitrogens with zero attached hydrogens (tertiary/aromatic N) is 2. The molecule has 0 spiro atoms. The molecular weight excluding hydrogens is 455 g/mol. The maximum atomic E-state index is 13.8. The fraction of sp³-hybridized carbons (Fsp3) is 0.148. The van der Waals surface area contributed by atoms with E-state index in [0.717, 1.165) is 16.0 Å². The lowest BCUT2D eigenvalue weighted by Crippen LogP contribution is -2.44. The molecule has 4 unspecified atom stereocenters. The van der Waals surface area contributed by atoms with Crippen LogP contribution < -0.4 is 4.90 Å². The van der Waals surface area contributed by atoms with E-state index in [4.69, 9.17) is 11.6 Å². The van der Waals surface area contributed by atoms with Crippen LogP contribution in [0.4, 0.5) is 10.1 Å². The molecule has 6 rings (SSSR count). The molecule has 3 aromatic carbocycles. The molecule has 3 aliphatic heterocycles. The fourth-order valence-corrected chi connectivity index (χ4v) is 5.61. The first kappa shape index (κ1) is 20.8. The Hall–Kier alpha value is -3.77. The Kier molecular flexibility index (Phi) is 4.67. The summed E-state index contributed by atoms with van der Waals surface area (Å²) in [6.45, 7) is 0. The summed E-state index contributed by atoms with van der Waals surface area (Å²) >= 11 is 6.01. The molecule has 0 bridgehead atoms. The standard InChI is InChI=1S/C27H18ClFN2O3/c28-17-7-5-16(6-8-17)25(32)24-22-21(23-20-4-2-1-3-15(20)13-14-30(23)24)26(33)31(27(22)34)19-11-9-18(29)10-12-19/h1-14,21-24H. The highest BCUT2D eigenvalue weighted by Crippen LogP contribution is 2.53. The number of anilines is 1. The quantitative estimate of drug-likeness (QED) is 0.403. The second-order valence-corrected chi connectivity index (χ2v) is 9.13. The molecular formula is C27H18ClFN2O3. The molecule has 0 aromatic heterocycles. The number of fused-ring (bicyclic) bond motifs is 5. The monoisotopic (exact) mass is 472 g/mol. The summed E-state index contributed by atoms with van der Waals surface area (Å²) in [5.74, 6) is -3.16. The first-order valence-electron chi connectivity index (χ1n) is 10.9. The average molecular weight is 473 g/mol. The van der Waals surface area contributed by atoms with Gasteiger partial charge < -0.3 is 4.90 Å². The molecule has 2 saturated heterocycles. The third-order valence-corrected chi connectivity index (χ3v) is 7.20. The highest BCUT2D eigenvalue weighted by atomic mass is 35.5. The highest BCUT2D eigenvalue weighted by Gasteiger charge is 2.64. The molecule has 0 radical (unpaired) electrons. The summed E-state index contributed by atoms with van der Waals surface area (Å²) < 4.78 is 13.5. The van der Waals surface area contributed by atoms with Crippen molar-refractivity contribution in [3.8, 4) is 0 Å².